The number of aliphatic hydroxyl groups excluding tert-OH is 1. The van der Waals surface area contributed by atoms with Crippen LogP contribution >= 0.6 is 22.9 Å². The summed E-state index contributed by atoms with van der Waals surface area (Å²) in [7, 11) is -3.40. The molecule has 0 amide bonds. The van der Waals surface area contributed by atoms with Gasteiger partial charge in [0, 0.05) is 13.1 Å². The molecule has 1 aromatic rings. The van der Waals surface area contributed by atoms with Crippen molar-refractivity contribution in [3.63, 3.8) is 0 Å². The summed E-state index contributed by atoms with van der Waals surface area (Å²) in [5.41, 5.74) is 0. The van der Waals surface area contributed by atoms with Crippen molar-refractivity contribution in [3.05, 3.63) is 16.5 Å². The molecule has 0 radical (unpaired) electrons. The van der Waals surface area contributed by atoms with Crippen molar-refractivity contribution in [1.82, 2.24) is 4.31 Å². The second kappa shape index (κ2) is 5.46. The van der Waals surface area contributed by atoms with E-state index >= 15 is 0 Å². The second-order valence-corrected chi connectivity index (χ2v) is 8.42. The van der Waals surface area contributed by atoms with E-state index in [1.807, 2.05) is 0 Å². The number of sulfonamides is 1. The Hall–Kier alpha value is -0.140. The Morgan fingerprint density at radius 1 is 1.44 bits per heavy atom. The standard InChI is InChI=1S/C11H16ClNO3S2/c1-8(14)9-4-6-13(7-5-9)18(15,16)11-3-2-10(12)17-11/h2-3,8-9,14H,4-7H2,1H3. The molecular weight excluding hydrogens is 294 g/mol. The van der Waals surface area contributed by atoms with Crippen molar-refractivity contribution in [2.75, 3.05) is 13.1 Å². The fraction of sp³-hybridized carbons (Fsp3) is 0.636. The van der Waals surface area contributed by atoms with E-state index in [0.717, 1.165) is 11.3 Å². The van der Waals surface area contributed by atoms with E-state index < -0.39 is 10.0 Å². The molecule has 102 valence electrons. The van der Waals surface area contributed by atoms with Crippen molar-refractivity contribution < 1.29 is 13.5 Å². The smallest absolute Gasteiger partial charge is 0.252 e. The Bertz CT molecular complexity index is 504. The molecule has 1 unspecified atom stereocenters. The van der Waals surface area contributed by atoms with Crippen LogP contribution in [-0.2, 0) is 10.0 Å². The predicted octanol–water partition coefficient (Wildman–Crippen LogP) is 2.18. The number of thiophene rings is 1. The molecular formula is C11H16ClNO3S2. The van der Waals surface area contributed by atoms with E-state index in [2.05, 4.69) is 0 Å². The minimum absolute atomic E-state index is 0.198. The molecule has 0 bridgehead atoms. The quantitative estimate of drug-likeness (QED) is 0.931. The summed E-state index contributed by atoms with van der Waals surface area (Å²) in [6.45, 7) is 2.69. The monoisotopic (exact) mass is 309 g/mol. The minimum Gasteiger partial charge on any atom is -0.393 e. The average Bonchev–Trinajstić information content (AvgIpc) is 2.76. The van der Waals surface area contributed by atoms with Crippen LogP contribution in [0.15, 0.2) is 16.3 Å². The summed E-state index contributed by atoms with van der Waals surface area (Å²) in [6.07, 6.45) is 1.04. The summed E-state index contributed by atoms with van der Waals surface area (Å²) in [6, 6.07) is 3.14. The Morgan fingerprint density at radius 3 is 2.50 bits per heavy atom. The molecule has 1 aromatic heterocycles. The van der Waals surface area contributed by atoms with Gasteiger partial charge in [-0.25, -0.2) is 8.42 Å². The summed E-state index contributed by atoms with van der Waals surface area (Å²) >= 11 is 6.85. The van der Waals surface area contributed by atoms with Gasteiger partial charge in [0.05, 0.1) is 10.4 Å². The first kappa shape index (κ1) is 14.3. The molecule has 7 heteroatoms. The van der Waals surface area contributed by atoms with Gasteiger partial charge in [0.1, 0.15) is 4.21 Å². The molecule has 1 N–H and O–H groups in total. The number of rotatable bonds is 3. The topological polar surface area (TPSA) is 57.6 Å². The molecule has 1 saturated heterocycles. The van der Waals surface area contributed by atoms with Crippen LogP contribution in [0.3, 0.4) is 0 Å². The second-order valence-electron chi connectivity index (χ2n) is 4.54. The maximum atomic E-state index is 12.3. The number of hydrogen-bond acceptors (Lipinski definition) is 4. The van der Waals surface area contributed by atoms with Gasteiger partial charge in [-0.3, -0.25) is 0 Å². The number of piperidine rings is 1. The number of hydrogen-bond donors (Lipinski definition) is 1. The Labute approximate surface area is 116 Å². The lowest BCUT2D eigenvalue weighted by atomic mass is 9.93. The van der Waals surface area contributed by atoms with Crippen molar-refractivity contribution in [1.29, 1.82) is 0 Å². The van der Waals surface area contributed by atoms with Crippen LogP contribution in [0.5, 0.6) is 0 Å². The van der Waals surface area contributed by atoms with Crippen LogP contribution < -0.4 is 0 Å². The molecule has 0 spiro atoms. The molecule has 1 atom stereocenters. The first-order valence-electron chi connectivity index (χ1n) is 5.85. The van der Waals surface area contributed by atoms with Gasteiger partial charge in [0.15, 0.2) is 0 Å². The van der Waals surface area contributed by atoms with Gasteiger partial charge in [-0.1, -0.05) is 11.6 Å². The maximum absolute atomic E-state index is 12.3. The zero-order valence-corrected chi connectivity index (χ0v) is 12.4. The maximum Gasteiger partial charge on any atom is 0.252 e. The highest BCUT2D eigenvalue weighted by Gasteiger charge is 2.31. The fourth-order valence-corrected chi connectivity index (χ4v) is 5.27. The van der Waals surface area contributed by atoms with Crippen LogP contribution in [0.2, 0.25) is 4.34 Å². The molecule has 2 heterocycles. The van der Waals surface area contributed by atoms with Gasteiger partial charge in [-0.05, 0) is 37.8 Å². The molecule has 1 aliphatic rings. The molecule has 1 fully saturated rings. The zero-order valence-electron chi connectivity index (χ0n) is 10.0. The number of aliphatic hydroxyl groups is 1. The van der Waals surface area contributed by atoms with Gasteiger partial charge >= 0.3 is 0 Å². The summed E-state index contributed by atoms with van der Waals surface area (Å²) < 4.78 is 26.8. The number of halogens is 1. The Morgan fingerprint density at radius 2 is 2.06 bits per heavy atom. The molecule has 0 saturated carbocycles. The van der Waals surface area contributed by atoms with Gasteiger partial charge < -0.3 is 5.11 Å². The highest BCUT2D eigenvalue weighted by Crippen LogP contribution is 2.31. The van der Waals surface area contributed by atoms with Crippen molar-refractivity contribution in [2.24, 2.45) is 5.92 Å². The van der Waals surface area contributed by atoms with E-state index in [-0.39, 0.29) is 12.0 Å². The third-order valence-electron chi connectivity index (χ3n) is 3.32. The molecule has 2 rings (SSSR count). The van der Waals surface area contributed by atoms with E-state index in [1.54, 1.807) is 19.1 Å². The van der Waals surface area contributed by atoms with Crippen LogP contribution in [0, 0.1) is 5.92 Å². The van der Waals surface area contributed by atoms with E-state index in [4.69, 9.17) is 11.6 Å². The van der Waals surface area contributed by atoms with Gasteiger partial charge in [0.2, 0.25) is 0 Å². The van der Waals surface area contributed by atoms with Crippen LogP contribution in [0.25, 0.3) is 0 Å². The molecule has 0 aliphatic carbocycles. The van der Waals surface area contributed by atoms with Crippen molar-refractivity contribution >= 4 is 33.0 Å². The van der Waals surface area contributed by atoms with E-state index in [0.29, 0.717) is 34.5 Å². The van der Waals surface area contributed by atoms with E-state index in [1.165, 1.54) is 4.31 Å². The van der Waals surface area contributed by atoms with Crippen LogP contribution in [0.1, 0.15) is 19.8 Å². The van der Waals surface area contributed by atoms with Crippen LogP contribution in [0.4, 0.5) is 0 Å². The molecule has 18 heavy (non-hydrogen) atoms. The van der Waals surface area contributed by atoms with Gasteiger partial charge in [-0.15, -0.1) is 11.3 Å². The first-order valence-corrected chi connectivity index (χ1v) is 8.48. The van der Waals surface area contributed by atoms with Crippen LogP contribution in [-0.4, -0.2) is 37.0 Å². The minimum atomic E-state index is -3.40. The SMILES string of the molecule is CC(O)C1CCN(S(=O)(=O)c2ccc(Cl)s2)CC1. The van der Waals surface area contributed by atoms with Gasteiger partial charge in [-0.2, -0.15) is 4.31 Å². The fourth-order valence-electron chi connectivity index (χ4n) is 2.16. The van der Waals surface area contributed by atoms with Crippen molar-refractivity contribution in [2.45, 2.75) is 30.1 Å². The average molecular weight is 310 g/mol. The normalized spacial score (nSPS) is 21.1. The predicted molar refractivity (Wildman–Crippen MR) is 72.5 cm³/mol. The molecule has 1 aliphatic heterocycles. The summed E-state index contributed by atoms with van der Waals surface area (Å²) in [5.74, 6) is 0.198. The van der Waals surface area contributed by atoms with Crippen molar-refractivity contribution in [3.8, 4) is 0 Å². The van der Waals surface area contributed by atoms with Gasteiger partial charge in [0.25, 0.3) is 10.0 Å². The summed E-state index contributed by atoms with van der Waals surface area (Å²) in [4.78, 5) is 0. The zero-order chi connectivity index (χ0) is 13.3. The largest absolute Gasteiger partial charge is 0.393 e. The highest BCUT2D eigenvalue weighted by molar-refractivity contribution is 7.91. The lowest BCUT2D eigenvalue weighted by Crippen LogP contribution is -2.40. The third-order valence-corrected chi connectivity index (χ3v) is 6.92. The first-order chi connectivity index (χ1) is 8.41. The highest BCUT2D eigenvalue weighted by atomic mass is 35.5. The Balaban J connectivity index is 2.09. The van der Waals surface area contributed by atoms with E-state index in [9.17, 15) is 13.5 Å². The lowest BCUT2D eigenvalue weighted by Gasteiger charge is -2.32. The molecule has 0 aromatic carbocycles. The number of nitrogens with zero attached hydrogens (tertiary/aromatic N) is 1. The Kier molecular flexibility index (Phi) is 4.33. The summed E-state index contributed by atoms with van der Waals surface area (Å²) in [5, 5.41) is 9.50. The lowest BCUT2D eigenvalue weighted by molar-refractivity contribution is 0.0912. The molecule has 4 nitrogen and oxygen atoms in total. The third kappa shape index (κ3) is 2.88.